The molecule has 0 radical (unpaired) electrons. The number of hydrogen-bond donors (Lipinski definition) is 3. The molecule has 0 aliphatic rings. The highest BCUT2D eigenvalue weighted by molar-refractivity contribution is 5.83. The average Bonchev–Trinajstić information content (AvgIpc) is 2.29. The third kappa shape index (κ3) is 8.32. The molecule has 1 amide bonds. The quantitative estimate of drug-likeness (QED) is 0.538. The molecule has 0 heterocycles. The number of nitrogens with one attached hydrogen (secondary N) is 1. The molecule has 1 atom stereocenters. The highest BCUT2D eigenvalue weighted by Crippen LogP contribution is 2.00. The van der Waals surface area contributed by atoms with E-state index in [0.717, 1.165) is 6.42 Å². The Kier molecular flexibility index (Phi) is 8.26. The van der Waals surface area contributed by atoms with Crippen molar-refractivity contribution in [2.45, 2.75) is 45.1 Å². The van der Waals surface area contributed by atoms with Crippen molar-refractivity contribution in [3.05, 3.63) is 12.2 Å². The van der Waals surface area contributed by atoms with Crippen LogP contribution < -0.4 is 5.32 Å². The van der Waals surface area contributed by atoms with Crippen LogP contribution in [0.4, 0.5) is 0 Å². The maximum atomic E-state index is 11.4. The maximum Gasteiger partial charge on any atom is 0.326 e. The number of rotatable bonds is 9. The summed E-state index contributed by atoms with van der Waals surface area (Å²) in [6.07, 6.45) is 5.02. The zero-order chi connectivity index (χ0) is 14.0. The van der Waals surface area contributed by atoms with Crippen LogP contribution in [0, 0.1) is 0 Å². The van der Waals surface area contributed by atoms with Gasteiger partial charge in [-0.25, -0.2) is 4.79 Å². The van der Waals surface area contributed by atoms with Gasteiger partial charge in [0, 0.05) is 12.8 Å². The number of amides is 1. The second-order valence-corrected chi connectivity index (χ2v) is 3.81. The molecule has 0 aliphatic carbocycles. The molecule has 0 aliphatic heterocycles. The summed E-state index contributed by atoms with van der Waals surface area (Å²) in [5.74, 6) is -2.68. The Balaban J connectivity index is 4.07. The molecule has 0 aromatic heterocycles. The largest absolute Gasteiger partial charge is 0.481 e. The number of aliphatic carboxylic acids is 2. The van der Waals surface area contributed by atoms with Gasteiger partial charge in [0.05, 0.1) is 0 Å². The predicted octanol–water partition coefficient (Wildman–Crippen LogP) is 1.17. The SMILES string of the molecule is CC/C=C/CCC(=O)N[C@@H](CCC(=O)O)C(=O)O. The first-order valence-corrected chi connectivity index (χ1v) is 5.86. The summed E-state index contributed by atoms with van der Waals surface area (Å²) in [6, 6.07) is -1.14. The van der Waals surface area contributed by atoms with Gasteiger partial charge < -0.3 is 15.5 Å². The van der Waals surface area contributed by atoms with E-state index in [2.05, 4.69) is 5.32 Å². The number of allylic oxidation sites excluding steroid dienone is 2. The molecule has 0 aromatic carbocycles. The van der Waals surface area contributed by atoms with Gasteiger partial charge in [-0.05, 0) is 19.3 Å². The monoisotopic (exact) mass is 257 g/mol. The van der Waals surface area contributed by atoms with Gasteiger partial charge in [-0.3, -0.25) is 9.59 Å². The van der Waals surface area contributed by atoms with Crippen molar-refractivity contribution in [2.24, 2.45) is 0 Å². The molecular formula is C12H19NO5. The number of carbonyl (C=O) groups is 3. The highest BCUT2D eigenvalue weighted by atomic mass is 16.4. The lowest BCUT2D eigenvalue weighted by atomic mass is 10.1. The third-order valence-electron chi connectivity index (χ3n) is 2.22. The van der Waals surface area contributed by atoms with Crippen LogP contribution in [-0.4, -0.2) is 34.1 Å². The van der Waals surface area contributed by atoms with E-state index in [9.17, 15) is 14.4 Å². The third-order valence-corrected chi connectivity index (χ3v) is 2.22. The first-order valence-electron chi connectivity index (χ1n) is 5.86. The van der Waals surface area contributed by atoms with Crippen LogP contribution in [-0.2, 0) is 14.4 Å². The second-order valence-electron chi connectivity index (χ2n) is 3.81. The number of carboxylic acid groups (broad SMARTS) is 2. The van der Waals surface area contributed by atoms with Gasteiger partial charge in [-0.15, -0.1) is 0 Å². The summed E-state index contributed by atoms with van der Waals surface area (Å²) in [5, 5.41) is 19.6. The molecule has 102 valence electrons. The Labute approximate surface area is 106 Å². The van der Waals surface area contributed by atoms with Crippen molar-refractivity contribution in [2.75, 3.05) is 0 Å². The van der Waals surface area contributed by atoms with Crippen molar-refractivity contribution in [3.63, 3.8) is 0 Å². The van der Waals surface area contributed by atoms with Gasteiger partial charge in [-0.1, -0.05) is 19.1 Å². The van der Waals surface area contributed by atoms with E-state index in [0.29, 0.717) is 6.42 Å². The predicted molar refractivity (Wildman–Crippen MR) is 65.1 cm³/mol. The summed E-state index contributed by atoms with van der Waals surface area (Å²) < 4.78 is 0. The molecule has 0 unspecified atom stereocenters. The van der Waals surface area contributed by atoms with E-state index in [-0.39, 0.29) is 25.2 Å². The lowest BCUT2D eigenvalue weighted by Gasteiger charge is -2.12. The molecule has 18 heavy (non-hydrogen) atoms. The van der Waals surface area contributed by atoms with Crippen molar-refractivity contribution < 1.29 is 24.6 Å². The van der Waals surface area contributed by atoms with E-state index in [1.165, 1.54) is 0 Å². The topological polar surface area (TPSA) is 104 Å². The summed E-state index contributed by atoms with van der Waals surface area (Å²) >= 11 is 0. The zero-order valence-corrected chi connectivity index (χ0v) is 10.4. The van der Waals surface area contributed by atoms with E-state index in [1.807, 2.05) is 19.1 Å². The van der Waals surface area contributed by atoms with Crippen LogP contribution in [0.15, 0.2) is 12.2 Å². The van der Waals surface area contributed by atoms with Crippen molar-refractivity contribution in [1.29, 1.82) is 0 Å². The fraction of sp³-hybridized carbons (Fsp3) is 0.583. The molecule has 0 spiro atoms. The van der Waals surface area contributed by atoms with E-state index in [4.69, 9.17) is 10.2 Å². The molecule has 0 fully saturated rings. The van der Waals surface area contributed by atoms with Crippen molar-refractivity contribution >= 4 is 17.8 Å². The lowest BCUT2D eigenvalue weighted by molar-refractivity contribution is -0.143. The first-order chi connectivity index (χ1) is 8.47. The molecule has 0 saturated heterocycles. The molecule has 6 nitrogen and oxygen atoms in total. The Morgan fingerprint density at radius 3 is 2.33 bits per heavy atom. The number of hydrogen-bond acceptors (Lipinski definition) is 3. The molecule has 0 saturated carbocycles. The first kappa shape index (κ1) is 16.1. The minimum Gasteiger partial charge on any atom is -0.481 e. The fourth-order valence-corrected chi connectivity index (χ4v) is 1.29. The summed E-state index contributed by atoms with van der Waals surface area (Å²) in [6.45, 7) is 1.98. The Hall–Kier alpha value is -1.85. The van der Waals surface area contributed by atoms with Gasteiger partial charge in [0.15, 0.2) is 0 Å². The maximum absolute atomic E-state index is 11.4. The smallest absolute Gasteiger partial charge is 0.326 e. The molecule has 3 N–H and O–H groups in total. The summed E-state index contributed by atoms with van der Waals surface area (Å²) in [7, 11) is 0. The minimum atomic E-state index is -1.21. The molecule has 6 heteroatoms. The molecular weight excluding hydrogens is 238 g/mol. The molecule has 0 bridgehead atoms. The Morgan fingerprint density at radius 2 is 1.83 bits per heavy atom. The van der Waals surface area contributed by atoms with Crippen molar-refractivity contribution in [3.8, 4) is 0 Å². The van der Waals surface area contributed by atoms with Crippen LogP contribution >= 0.6 is 0 Å². The van der Waals surface area contributed by atoms with Gasteiger partial charge in [0.25, 0.3) is 0 Å². The fourth-order valence-electron chi connectivity index (χ4n) is 1.29. The minimum absolute atomic E-state index is 0.110. The Bertz CT molecular complexity index is 324. The second kappa shape index (κ2) is 9.21. The van der Waals surface area contributed by atoms with Crippen LogP contribution in [0.5, 0.6) is 0 Å². The average molecular weight is 257 g/mol. The van der Waals surface area contributed by atoms with Crippen LogP contribution in [0.2, 0.25) is 0 Å². The van der Waals surface area contributed by atoms with Crippen LogP contribution in [0.3, 0.4) is 0 Å². The Morgan fingerprint density at radius 1 is 1.17 bits per heavy atom. The highest BCUT2D eigenvalue weighted by Gasteiger charge is 2.20. The van der Waals surface area contributed by atoms with Gasteiger partial charge >= 0.3 is 11.9 Å². The van der Waals surface area contributed by atoms with Crippen LogP contribution in [0.25, 0.3) is 0 Å². The normalized spacial score (nSPS) is 12.3. The van der Waals surface area contributed by atoms with E-state index in [1.54, 1.807) is 0 Å². The van der Waals surface area contributed by atoms with Gasteiger partial charge in [0.1, 0.15) is 6.04 Å². The van der Waals surface area contributed by atoms with Gasteiger partial charge in [-0.2, -0.15) is 0 Å². The summed E-state index contributed by atoms with van der Waals surface area (Å²) in [5.41, 5.74) is 0. The molecule has 0 rings (SSSR count). The summed E-state index contributed by atoms with van der Waals surface area (Å²) in [4.78, 5) is 32.6. The number of carbonyl (C=O) groups excluding carboxylic acids is 1. The van der Waals surface area contributed by atoms with Gasteiger partial charge in [0.2, 0.25) is 5.91 Å². The number of carboxylic acids is 2. The molecule has 0 aromatic rings. The zero-order valence-electron chi connectivity index (χ0n) is 10.4. The van der Waals surface area contributed by atoms with Crippen LogP contribution in [0.1, 0.15) is 39.0 Å². The van der Waals surface area contributed by atoms with Crippen molar-refractivity contribution in [1.82, 2.24) is 5.32 Å². The van der Waals surface area contributed by atoms with E-state index >= 15 is 0 Å². The van der Waals surface area contributed by atoms with E-state index < -0.39 is 18.0 Å². The standard InChI is InChI=1S/C12H19NO5/c1-2-3-4-5-6-10(14)13-9(12(17)18)7-8-11(15)16/h3-4,9H,2,5-8H2,1H3,(H,13,14)(H,15,16)(H,17,18)/b4-3+/t9-/m0/s1. The lowest BCUT2D eigenvalue weighted by Crippen LogP contribution is -2.40.